The lowest BCUT2D eigenvalue weighted by atomic mass is 9.89. The second-order valence-electron chi connectivity index (χ2n) is 4.98. The Balaban J connectivity index is 2.84. The Bertz CT molecular complexity index is 365. The van der Waals surface area contributed by atoms with Gasteiger partial charge in [-0.2, -0.15) is 0 Å². The van der Waals surface area contributed by atoms with E-state index in [2.05, 4.69) is 65.2 Å². The van der Waals surface area contributed by atoms with Crippen LogP contribution in [0, 0.1) is 0 Å². The molecule has 0 aliphatic rings. The minimum absolute atomic E-state index is 0.0307. The molecule has 0 aliphatic heterocycles. The minimum atomic E-state index is -0.0307. The van der Waals surface area contributed by atoms with Gasteiger partial charge < -0.3 is 4.90 Å². The van der Waals surface area contributed by atoms with Crippen molar-refractivity contribution >= 4 is 15.9 Å². The molecule has 17 heavy (non-hydrogen) atoms. The van der Waals surface area contributed by atoms with Crippen molar-refractivity contribution in [2.24, 2.45) is 5.84 Å². The zero-order valence-corrected chi connectivity index (χ0v) is 12.5. The average Bonchev–Trinajstić information content (AvgIpc) is 2.25. The monoisotopic (exact) mass is 300 g/mol. The van der Waals surface area contributed by atoms with E-state index in [1.807, 2.05) is 6.20 Å². The quantitative estimate of drug-likeness (QED) is 0.640. The van der Waals surface area contributed by atoms with Gasteiger partial charge in [-0.15, -0.1) is 0 Å². The topological polar surface area (TPSA) is 54.2 Å². The van der Waals surface area contributed by atoms with Crippen LogP contribution in [0.5, 0.6) is 0 Å². The van der Waals surface area contributed by atoms with Crippen LogP contribution >= 0.6 is 15.9 Å². The molecule has 0 aliphatic carbocycles. The maximum absolute atomic E-state index is 5.67. The second-order valence-corrected chi connectivity index (χ2v) is 5.90. The third-order valence-electron chi connectivity index (χ3n) is 3.41. The smallest absolute Gasteiger partial charge is 0.0430 e. The van der Waals surface area contributed by atoms with Gasteiger partial charge in [-0.05, 0) is 61.9 Å². The Morgan fingerprint density at radius 3 is 2.59 bits per heavy atom. The van der Waals surface area contributed by atoms with Crippen molar-refractivity contribution in [3.05, 3.63) is 28.5 Å². The summed E-state index contributed by atoms with van der Waals surface area (Å²) in [7, 11) is 4.12. The van der Waals surface area contributed by atoms with Gasteiger partial charge in [-0.1, -0.05) is 0 Å². The molecule has 1 aromatic rings. The number of aromatic nitrogens is 1. The molecule has 0 bridgehead atoms. The standard InChI is InChI=1S/C12H21BrN4/c1-12(2,17(3)4)11(16-14)6-9-5-10(13)8-15-7-9/h5,7-8,11,16H,6,14H2,1-4H3. The van der Waals surface area contributed by atoms with Crippen molar-refractivity contribution in [2.75, 3.05) is 14.1 Å². The van der Waals surface area contributed by atoms with Crippen LogP contribution in [0.2, 0.25) is 0 Å². The fourth-order valence-corrected chi connectivity index (χ4v) is 2.04. The Kier molecular flexibility index (Phi) is 5.06. The molecule has 1 heterocycles. The summed E-state index contributed by atoms with van der Waals surface area (Å²) < 4.78 is 0.994. The summed E-state index contributed by atoms with van der Waals surface area (Å²) >= 11 is 3.43. The zero-order valence-electron chi connectivity index (χ0n) is 10.9. The Morgan fingerprint density at radius 1 is 1.47 bits per heavy atom. The van der Waals surface area contributed by atoms with Crippen molar-refractivity contribution in [2.45, 2.75) is 31.8 Å². The summed E-state index contributed by atoms with van der Waals surface area (Å²) in [6.45, 7) is 4.34. The van der Waals surface area contributed by atoms with Crippen LogP contribution in [0.15, 0.2) is 22.9 Å². The van der Waals surface area contributed by atoms with E-state index in [-0.39, 0.29) is 11.6 Å². The summed E-state index contributed by atoms with van der Waals surface area (Å²) in [5, 5.41) is 0. The van der Waals surface area contributed by atoms with Gasteiger partial charge in [0.15, 0.2) is 0 Å². The number of nitrogens with zero attached hydrogens (tertiary/aromatic N) is 2. The molecule has 3 N–H and O–H groups in total. The lowest BCUT2D eigenvalue weighted by molar-refractivity contribution is 0.137. The fourth-order valence-electron chi connectivity index (χ4n) is 1.63. The summed E-state index contributed by atoms with van der Waals surface area (Å²) in [6.07, 6.45) is 4.50. The van der Waals surface area contributed by atoms with Crippen LogP contribution in [0.3, 0.4) is 0 Å². The van der Waals surface area contributed by atoms with Gasteiger partial charge in [0.2, 0.25) is 0 Å². The maximum atomic E-state index is 5.67. The van der Waals surface area contributed by atoms with Crippen LogP contribution in [0.4, 0.5) is 0 Å². The van der Waals surface area contributed by atoms with E-state index in [0.29, 0.717) is 0 Å². The number of hydrogen-bond acceptors (Lipinski definition) is 4. The lowest BCUT2D eigenvalue weighted by Gasteiger charge is -2.39. The highest BCUT2D eigenvalue weighted by Gasteiger charge is 2.30. The highest BCUT2D eigenvalue weighted by molar-refractivity contribution is 9.10. The molecule has 1 unspecified atom stereocenters. The molecule has 1 aromatic heterocycles. The summed E-state index contributed by atoms with van der Waals surface area (Å²) in [5.74, 6) is 5.67. The first-order valence-electron chi connectivity index (χ1n) is 5.61. The number of hydrazine groups is 1. The Hall–Kier alpha value is -0.490. The van der Waals surface area contributed by atoms with E-state index < -0.39 is 0 Å². The van der Waals surface area contributed by atoms with Crippen LogP contribution in [0.1, 0.15) is 19.4 Å². The number of hydrogen-bond donors (Lipinski definition) is 2. The average molecular weight is 301 g/mol. The first-order valence-corrected chi connectivity index (χ1v) is 6.40. The summed E-state index contributed by atoms with van der Waals surface area (Å²) in [4.78, 5) is 6.34. The van der Waals surface area contributed by atoms with Crippen LogP contribution in [-0.4, -0.2) is 35.6 Å². The molecule has 96 valence electrons. The van der Waals surface area contributed by atoms with E-state index >= 15 is 0 Å². The van der Waals surface area contributed by atoms with Crippen LogP contribution in [-0.2, 0) is 6.42 Å². The second kappa shape index (κ2) is 5.91. The molecule has 0 saturated carbocycles. The number of pyridine rings is 1. The van der Waals surface area contributed by atoms with Gasteiger partial charge in [0, 0.05) is 28.4 Å². The normalized spacial score (nSPS) is 14.1. The fraction of sp³-hybridized carbons (Fsp3) is 0.583. The van der Waals surface area contributed by atoms with Gasteiger partial charge in [-0.3, -0.25) is 16.3 Å². The lowest BCUT2D eigenvalue weighted by Crippen LogP contribution is -2.58. The molecule has 5 heteroatoms. The number of rotatable bonds is 5. The number of nitrogens with one attached hydrogen (secondary N) is 1. The van der Waals surface area contributed by atoms with Crippen LogP contribution in [0.25, 0.3) is 0 Å². The van der Waals surface area contributed by atoms with Gasteiger partial charge >= 0.3 is 0 Å². The van der Waals surface area contributed by atoms with Crippen molar-refractivity contribution in [3.8, 4) is 0 Å². The van der Waals surface area contributed by atoms with Crippen molar-refractivity contribution in [3.63, 3.8) is 0 Å². The molecule has 0 radical (unpaired) electrons. The van der Waals surface area contributed by atoms with E-state index in [1.54, 1.807) is 6.20 Å². The molecule has 0 amide bonds. The summed E-state index contributed by atoms with van der Waals surface area (Å²) in [5.41, 5.74) is 4.04. The highest BCUT2D eigenvalue weighted by Crippen LogP contribution is 2.20. The zero-order chi connectivity index (χ0) is 13.1. The van der Waals surface area contributed by atoms with Crippen molar-refractivity contribution < 1.29 is 0 Å². The number of nitrogens with two attached hydrogens (primary N) is 1. The SMILES string of the molecule is CN(C)C(C)(C)C(Cc1cncc(Br)c1)NN. The predicted octanol–water partition coefficient (Wildman–Crippen LogP) is 1.56. The molecule has 0 fully saturated rings. The predicted molar refractivity (Wildman–Crippen MR) is 74.5 cm³/mol. The van der Waals surface area contributed by atoms with E-state index in [1.165, 1.54) is 0 Å². The van der Waals surface area contributed by atoms with E-state index in [4.69, 9.17) is 5.84 Å². The molecular weight excluding hydrogens is 280 g/mol. The van der Waals surface area contributed by atoms with E-state index in [9.17, 15) is 0 Å². The Labute approximate surface area is 112 Å². The Morgan fingerprint density at radius 2 is 2.12 bits per heavy atom. The molecule has 0 aromatic carbocycles. The third-order valence-corrected chi connectivity index (χ3v) is 3.84. The van der Waals surface area contributed by atoms with Gasteiger partial charge in [-0.25, -0.2) is 0 Å². The third kappa shape index (κ3) is 3.74. The molecule has 4 nitrogen and oxygen atoms in total. The largest absolute Gasteiger partial charge is 0.303 e. The van der Waals surface area contributed by atoms with Crippen molar-refractivity contribution in [1.82, 2.24) is 15.3 Å². The van der Waals surface area contributed by atoms with E-state index in [0.717, 1.165) is 16.5 Å². The number of halogens is 1. The molecular formula is C12H21BrN4. The molecule has 1 rings (SSSR count). The highest BCUT2D eigenvalue weighted by atomic mass is 79.9. The summed E-state index contributed by atoms with van der Waals surface area (Å²) in [6, 6.07) is 2.23. The van der Waals surface area contributed by atoms with Crippen LogP contribution < -0.4 is 11.3 Å². The maximum Gasteiger partial charge on any atom is 0.0430 e. The first-order chi connectivity index (χ1) is 7.87. The number of likely N-dealkylation sites (N-methyl/N-ethyl adjacent to an activating group) is 1. The van der Waals surface area contributed by atoms with Crippen molar-refractivity contribution in [1.29, 1.82) is 0 Å². The van der Waals surface area contributed by atoms with Gasteiger partial charge in [0.25, 0.3) is 0 Å². The molecule has 0 spiro atoms. The van der Waals surface area contributed by atoms with Gasteiger partial charge in [0.1, 0.15) is 0 Å². The molecule has 0 saturated heterocycles. The van der Waals surface area contributed by atoms with Gasteiger partial charge in [0.05, 0.1) is 0 Å². The first kappa shape index (κ1) is 14.6. The molecule has 1 atom stereocenters. The minimum Gasteiger partial charge on any atom is -0.303 e.